The molecule has 0 aromatic heterocycles. The minimum Gasteiger partial charge on any atom is -0.495 e. The van der Waals surface area contributed by atoms with Crippen molar-refractivity contribution < 1.29 is 9.53 Å². The van der Waals surface area contributed by atoms with E-state index < -0.39 is 0 Å². The monoisotopic (exact) mass is 395 g/mol. The van der Waals surface area contributed by atoms with Gasteiger partial charge in [0.2, 0.25) is 5.91 Å². The summed E-state index contributed by atoms with van der Waals surface area (Å²) < 4.78 is 6.11. The van der Waals surface area contributed by atoms with Crippen LogP contribution < -0.4 is 15.8 Å². The van der Waals surface area contributed by atoms with E-state index in [0.29, 0.717) is 24.1 Å². The van der Waals surface area contributed by atoms with Crippen LogP contribution in [0.5, 0.6) is 5.75 Å². The Morgan fingerprint density at radius 1 is 1.42 bits per heavy atom. The third-order valence-electron chi connectivity index (χ3n) is 4.66. The number of carbonyl (C=O) groups is 1. The molecule has 1 aliphatic carbocycles. The Kier molecular flexibility index (Phi) is 7.09. The number of halogens is 1. The fraction of sp³-hybridized carbons (Fsp3) is 0.556. The SMILES string of the molecule is CNC(=O)CCC1CCC(N=Cc2cc(Br)c(OC)cc2N)CC1. The molecule has 1 amide bonds. The number of ether oxygens (including phenoxy) is 1. The lowest BCUT2D eigenvalue weighted by Crippen LogP contribution is -2.21. The second kappa shape index (κ2) is 9.06. The fourth-order valence-electron chi connectivity index (χ4n) is 3.08. The maximum absolute atomic E-state index is 11.3. The van der Waals surface area contributed by atoms with Crippen molar-refractivity contribution in [1.82, 2.24) is 5.32 Å². The summed E-state index contributed by atoms with van der Waals surface area (Å²) in [5, 5.41) is 2.68. The normalized spacial score (nSPS) is 21.0. The Morgan fingerprint density at radius 3 is 2.75 bits per heavy atom. The van der Waals surface area contributed by atoms with Crippen LogP contribution in [-0.2, 0) is 4.79 Å². The number of carbonyl (C=O) groups excluding carboxylic acids is 1. The number of aliphatic imine (C=N–C) groups is 1. The summed E-state index contributed by atoms with van der Waals surface area (Å²) in [6.07, 6.45) is 7.91. The van der Waals surface area contributed by atoms with Crippen LogP contribution in [0, 0.1) is 5.92 Å². The van der Waals surface area contributed by atoms with Crippen LogP contribution in [0.15, 0.2) is 21.6 Å². The highest BCUT2D eigenvalue weighted by atomic mass is 79.9. The van der Waals surface area contributed by atoms with E-state index in [1.54, 1.807) is 20.2 Å². The zero-order valence-electron chi connectivity index (χ0n) is 14.3. The Morgan fingerprint density at radius 2 is 2.12 bits per heavy atom. The first kappa shape index (κ1) is 18.8. The van der Waals surface area contributed by atoms with Gasteiger partial charge >= 0.3 is 0 Å². The molecule has 3 N–H and O–H groups in total. The molecule has 1 aromatic rings. The van der Waals surface area contributed by atoms with Gasteiger partial charge in [0.05, 0.1) is 11.6 Å². The van der Waals surface area contributed by atoms with Gasteiger partial charge < -0.3 is 15.8 Å². The molecular weight excluding hydrogens is 370 g/mol. The van der Waals surface area contributed by atoms with Gasteiger partial charge in [0.25, 0.3) is 0 Å². The molecule has 0 radical (unpaired) electrons. The summed E-state index contributed by atoms with van der Waals surface area (Å²) in [5.41, 5.74) is 7.63. The predicted molar refractivity (Wildman–Crippen MR) is 102 cm³/mol. The quantitative estimate of drug-likeness (QED) is 0.570. The van der Waals surface area contributed by atoms with E-state index in [4.69, 9.17) is 15.5 Å². The number of amides is 1. The van der Waals surface area contributed by atoms with Gasteiger partial charge in [0.15, 0.2) is 0 Å². The molecule has 0 atom stereocenters. The van der Waals surface area contributed by atoms with Gasteiger partial charge in [-0.2, -0.15) is 0 Å². The highest BCUT2D eigenvalue weighted by molar-refractivity contribution is 9.10. The van der Waals surface area contributed by atoms with Crippen LogP contribution in [0.1, 0.15) is 44.1 Å². The van der Waals surface area contributed by atoms with Crippen LogP contribution in [0.4, 0.5) is 5.69 Å². The Labute approximate surface area is 152 Å². The Bertz CT molecular complexity index is 596. The van der Waals surface area contributed by atoms with Crippen molar-refractivity contribution in [2.24, 2.45) is 10.9 Å². The lowest BCUT2D eigenvalue weighted by atomic mass is 9.83. The first-order valence-electron chi connectivity index (χ1n) is 8.40. The summed E-state index contributed by atoms with van der Waals surface area (Å²) in [4.78, 5) is 16.0. The second-order valence-corrected chi connectivity index (χ2v) is 7.13. The standard InChI is InChI=1S/C18H26BrN3O2/c1-21-18(23)8-5-12-3-6-14(7-4-12)22-11-13-9-15(19)17(24-2)10-16(13)20/h9-12,14H,3-8,20H2,1-2H3,(H,21,23). The lowest BCUT2D eigenvalue weighted by Gasteiger charge is -2.26. The van der Waals surface area contributed by atoms with Gasteiger partial charge in [-0.25, -0.2) is 0 Å². The van der Waals surface area contributed by atoms with Crippen molar-refractivity contribution in [3.05, 3.63) is 22.2 Å². The minimum atomic E-state index is 0.135. The van der Waals surface area contributed by atoms with Crippen LogP contribution in [0.2, 0.25) is 0 Å². The van der Waals surface area contributed by atoms with Crippen molar-refractivity contribution in [3.8, 4) is 5.75 Å². The molecule has 2 rings (SSSR count). The number of hydrogen-bond donors (Lipinski definition) is 2. The van der Waals surface area contributed by atoms with Crippen molar-refractivity contribution in [1.29, 1.82) is 0 Å². The van der Waals surface area contributed by atoms with Gasteiger partial charge in [-0.3, -0.25) is 9.79 Å². The number of rotatable bonds is 6. The van der Waals surface area contributed by atoms with Crippen LogP contribution in [0.3, 0.4) is 0 Å². The number of nitrogen functional groups attached to an aromatic ring is 1. The number of nitrogens with one attached hydrogen (secondary N) is 1. The molecular formula is C18H26BrN3O2. The van der Waals surface area contributed by atoms with Gasteiger partial charge in [0.1, 0.15) is 5.75 Å². The predicted octanol–water partition coefficient (Wildman–Crippen LogP) is 3.54. The first-order chi connectivity index (χ1) is 11.5. The van der Waals surface area contributed by atoms with Crippen molar-refractivity contribution >= 4 is 33.7 Å². The number of nitrogens with zero attached hydrogens (tertiary/aromatic N) is 1. The van der Waals surface area contributed by atoms with Crippen LogP contribution in [-0.4, -0.2) is 32.3 Å². The number of benzene rings is 1. The molecule has 1 aliphatic rings. The van der Waals surface area contributed by atoms with E-state index in [1.165, 1.54) is 0 Å². The highest BCUT2D eigenvalue weighted by Gasteiger charge is 2.20. The zero-order valence-corrected chi connectivity index (χ0v) is 15.9. The van der Waals surface area contributed by atoms with Gasteiger partial charge in [-0.05, 0) is 60.0 Å². The molecule has 1 aromatic carbocycles. The molecule has 132 valence electrons. The maximum atomic E-state index is 11.3. The number of nitrogens with two attached hydrogens (primary N) is 1. The van der Waals surface area contributed by atoms with Gasteiger partial charge in [-0.1, -0.05) is 0 Å². The lowest BCUT2D eigenvalue weighted by molar-refractivity contribution is -0.120. The molecule has 24 heavy (non-hydrogen) atoms. The van der Waals surface area contributed by atoms with E-state index >= 15 is 0 Å². The first-order valence-corrected chi connectivity index (χ1v) is 9.19. The fourth-order valence-corrected chi connectivity index (χ4v) is 3.60. The molecule has 0 aliphatic heterocycles. The summed E-state index contributed by atoms with van der Waals surface area (Å²) in [6, 6.07) is 4.09. The smallest absolute Gasteiger partial charge is 0.219 e. The third-order valence-corrected chi connectivity index (χ3v) is 5.28. The Hall–Kier alpha value is -1.56. The molecule has 6 heteroatoms. The molecule has 1 fully saturated rings. The molecule has 0 spiro atoms. The highest BCUT2D eigenvalue weighted by Crippen LogP contribution is 2.31. The van der Waals surface area contributed by atoms with E-state index in [2.05, 4.69) is 21.2 Å². The molecule has 0 unspecified atom stereocenters. The van der Waals surface area contributed by atoms with Crippen molar-refractivity contribution in [2.45, 2.75) is 44.6 Å². The average molecular weight is 396 g/mol. The van der Waals surface area contributed by atoms with Gasteiger partial charge in [0, 0.05) is 43.0 Å². The van der Waals surface area contributed by atoms with E-state index in [9.17, 15) is 4.79 Å². The summed E-state index contributed by atoms with van der Waals surface area (Å²) >= 11 is 3.48. The summed E-state index contributed by atoms with van der Waals surface area (Å²) in [7, 11) is 3.31. The van der Waals surface area contributed by atoms with E-state index in [1.807, 2.05) is 12.3 Å². The molecule has 0 bridgehead atoms. The number of methoxy groups -OCH3 is 1. The van der Waals surface area contributed by atoms with E-state index in [0.717, 1.165) is 47.9 Å². The number of anilines is 1. The third kappa shape index (κ3) is 5.23. The average Bonchev–Trinajstić information content (AvgIpc) is 2.60. The van der Waals surface area contributed by atoms with Crippen molar-refractivity contribution in [3.63, 3.8) is 0 Å². The van der Waals surface area contributed by atoms with Crippen LogP contribution in [0.25, 0.3) is 0 Å². The van der Waals surface area contributed by atoms with Crippen LogP contribution >= 0.6 is 15.9 Å². The Balaban J connectivity index is 1.86. The topological polar surface area (TPSA) is 76.7 Å². The molecule has 5 nitrogen and oxygen atoms in total. The largest absolute Gasteiger partial charge is 0.495 e. The van der Waals surface area contributed by atoms with Gasteiger partial charge in [-0.15, -0.1) is 0 Å². The van der Waals surface area contributed by atoms with Crippen molar-refractivity contribution in [2.75, 3.05) is 19.9 Å². The van der Waals surface area contributed by atoms with E-state index in [-0.39, 0.29) is 5.91 Å². The molecule has 0 heterocycles. The summed E-state index contributed by atoms with van der Waals surface area (Å²) in [6.45, 7) is 0. The maximum Gasteiger partial charge on any atom is 0.219 e. The number of hydrogen-bond acceptors (Lipinski definition) is 4. The minimum absolute atomic E-state index is 0.135. The molecule has 0 saturated heterocycles. The second-order valence-electron chi connectivity index (χ2n) is 6.28. The molecule has 1 saturated carbocycles. The summed E-state index contributed by atoms with van der Waals surface area (Å²) in [5.74, 6) is 1.51. The zero-order chi connectivity index (χ0) is 17.5.